The van der Waals surface area contributed by atoms with E-state index in [0.717, 1.165) is 55.1 Å². The van der Waals surface area contributed by atoms with Crippen LogP contribution in [0.3, 0.4) is 0 Å². The van der Waals surface area contributed by atoms with Crippen molar-refractivity contribution >= 4 is 0 Å². The van der Waals surface area contributed by atoms with Crippen molar-refractivity contribution in [1.29, 1.82) is 0 Å². The second-order valence-electron chi connectivity index (χ2n) is 9.38. The molecule has 0 amide bonds. The Morgan fingerprint density at radius 2 is 1.97 bits per heavy atom. The highest BCUT2D eigenvalue weighted by atomic mass is 16.5. The highest BCUT2D eigenvalue weighted by Crippen LogP contribution is 2.32. The summed E-state index contributed by atoms with van der Waals surface area (Å²) in [6.45, 7) is 10.6. The maximum absolute atomic E-state index is 10.7. The highest BCUT2D eigenvalue weighted by molar-refractivity contribution is 5.43. The fraction of sp³-hybridized carbons (Fsp3) is 0.414. The first-order valence-corrected chi connectivity index (χ1v) is 12.5. The van der Waals surface area contributed by atoms with Crippen LogP contribution in [0, 0.1) is 13.8 Å². The van der Waals surface area contributed by atoms with Crippen LogP contribution in [0.5, 0.6) is 11.6 Å². The molecule has 2 heterocycles. The van der Waals surface area contributed by atoms with Crippen LogP contribution in [0.25, 0.3) is 5.69 Å². The summed E-state index contributed by atoms with van der Waals surface area (Å²) in [5, 5.41) is 15.6. The maximum atomic E-state index is 10.7. The van der Waals surface area contributed by atoms with Crippen molar-refractivity contribution in [3.05, 3.63) is 84.1 Å². The van der Waals surface area contributed by atoms with E-state index in [0.29, 0.717) is 25.4 Å². The molecule has 0 radical (unpaired) electrons. The van der Waals surface area contributed by atoms with E-state index in [-0.39, 0.29) is 6.10 Å². The Labute approximate surface area is 208 Å². The maximum Gasteiger partial charge on any atom is 0.227 e. The number of rotatable bonds is 12. The Bertz CT molecular complexity index is 1070. The molecular formula is C29H37N3O3. The van der Waals surface area contributed by atoms with Gasteiger partial charge in [0.1, 0.15) is 5.75 Å². The van der Waals surface area contributed by atoms with Crippen LogP contribution in [-0.4, -0.2) is 51.7 Å². The summed E-state index contributed by atoms with van der Waals surface area (Å²) in [5.74, 6) is 1.47. The first kappa shape index (κ1) is 25.2. The molecule has 6 heteroatoms. The number of nitrogens with zero attached hydrogens (tertiary/aromatic N) is 3. The van der Waals surface area contributed by atoms with Crippen LogP contribution in [-0.2, 0) is 11.3 Å². The lowest BCUT2D eigenvalue weighted by Crippen LogP contribution is -2.37. The summed E-state index contributed by atoms with van der Waals surface area (Å²) < 4.78 is 14.3. The predicted molar refractivity (Wildman–Crippen MR) is 139 cm³/mol. The van der Waals surface area contributed by atoms with E-state index in [1.54, 1.807) is 0 Å². The lowest BCUT2D eigenvalue weighted by Gasteiger charge is -2.27. The molecule has 0 spiro atoms. The van der Waals surface area contributed by atoms with Crippen LogP contribution in [0.2, 0.25) is 0 Å². The zero-order valence-electron chi connectivity index (χ0n) is 20.9. The zero-order chi connectivity index (χ0) is 24.6. The minimum atomic E-state index is -0.430. The van der Waals surface area contributed by atoms with Crippen molar-refractivity contribution in [3.8, 4) is 17.3 Å². The zero-order valence-corrected chi connectivity index (χ0v) is 20.9. The molecule has 3 aromatic rings. The van der Waals surface area contributed by atoms with E-state index in [1.165, 1.54) is 5.56 Å². The lowest BCUT2D eigenvalue weighted by atomic mass is 10.1. The number of aryl methyl sites for hydroxylation is 2. The summed E-state index contributed by atoms with van der Waals surface area (Å²) in [5.41, 5.74) is 4.06. The molecule has 35 heavy (non-hydrogen) atoms. The van der Waals surface area contributed by atoms with Crippen molar-refractivity contribution in [3.63, 3.8) is 0 Å². The molecule has 2 atom stereocenters. The molecule has 1 aliphatic heterocycles. The number of aliphatic hydroxyl groups excluding tert-OH is 1. The molecule has 2 aromatic carbocycles. The summed E-state index contributed by atoms with van der Waals surface area (Å²) in [7, 11) is 0. The molecule has 1 saturated heterocycles. The minimum absolute atomic E-state index is 0.188. The summed E-state index contributed by atoms with van der Waals surface area (Å²) in [6.07, 6.45) is 5.24. The van der Waals surface area contributed by atoms with Gasteiger partial charge >= 0.3 is 0 Å². The molecule has 0 bridgehead atoms. The molecule has 1 N–H and O–H groups in total. The Morgan fingerprint density at radius 3 is 2.66 bits per heavy atom. The van der Waals surface area contributed by atoms with Gasteiger partial charge in [-0.1, -0.05) is 42.0 Å². The fourth-order valence-corrected chi connectivity index (χ4v) is 4.49. The predicted octanol–water partition coefficient (Wildman–Crippen LogP) is 5.59. The van der Waals surface area contributed by atoms with E-state index >= 15 is 0 Å². The van der Waals surface area contributed by atoms with Gasteiger partial charge in [0, 0.05) is 26.2 Å². The molecule has 4 rings (SSSR count). The average molecular weight is 476 g/mol. The quantitative estimate of drug-likeness (QED) is 0.346. The number of aromatic nitrogens is 2. The third kappa shape index (κ3) is 6.82. The number of para-hydroxylation sites is 1. The van der Waals surface area contributed by atoms with E-state index in [4.69, 9.17) is 14.6 Å². The van der Waals surface area contributed by atoms with Crippen LogP contribution >= 0.6 is 0 Å². The molecule has 186 valence electrons. The Hall–Kier alpha value is -2.93. The number of ether oxygens (including phenoxy) is 2. The number of hydrogen-bond acceptors (Lipinski definition) is 5. The molecular weight excluding hydrogens is 438 g/mol. The van der Waals surface area contributed by atoms with Gasteiger partial charge in [-0.2, -0.15) is 5.10 Å². The van der Waals surface area contributed by atoms with Gasteiger partial charge in [-0.15, -0.1) is 6.58 Å². The number of benzene rings is 2. The van der Waals surface area contributed by atoms with Crippen molar-refractivity contribution in [2.24, 2.45) is 0 Å². The van der Waals surface area contributed by atoms with Crippen LogP contribution in [0.15, 0.2) is 67.3 Å². The van der Waals surface area contributed by atoms with Gasteiger partial charge in [0.05, 0.1) is 29.2 Å². The van der Waals surface area contributed by atoms with Crippen molar-refractivity contribution < 1.29 is 14.6 Å². The normalized spacial score (nSPS) is 16.5. The van der Waals surface area contributed by atoms with Crippen LogP contribution < -0.4 is 4.74 Å². The molecule has 0 unspecified atom stereocenters. The van der Waals surface area contributed by atoms with Gasteiger partial charge in [-0.25, -0.2) is 4.68 Å². The first-order chi connectivity index (χ1) is 17.0. The first-order valence-electron chi connectivity index (χ1n) is 12.5. The second kappa shape index (κ2) is 12.2. The standard InChI is InChI=1S/C29H37N3O3/c1-4-5-12-25(33)19-31(20-27-13-9-18-34-27)21-28-23(3)30-32(24-10-7-6-8-11-24)29(28)35-26-16-14-22(2)15-17-26/h4,6-8,10-11,14-17,25,27,33H,1,5,9,12-13,18-21H2,2-3H3/t25-,27-/m0/s1. The van der Waals surface area contributed by atoms with Gasteiger partial charge in [0.2, 0.25) is 5.88 Å². The Kier molecular flexibility index (Phi) is 8.74. The SMILES string of the molecule is C=CCC[C@H](O)CN(Cc1c(C)nn(-c2ccccc2)c1Oc1ccc(C)cc1)C[C@@H]1CCCO1. The van der Waals surface area contributed by atoms with Gasteiger partial charge in [0.25, 0.3) is 0 Å². The molecule has 6 nitrogen and oxygen atoms in total. The minimum Gasteiger partial charge on any atom is -0.439 e. The van der Waals surface area contributed by atoms with E-state index in [2.05, 4.69) is 18.4 Å². The monoisotopic (exact) mass is 475 g/mol. The Morgan fingerprint density at radius 1 is 1.20 bits per heavy atom. The van der Waals surface area contributed by atoms with E-state index < -0.39 is 6.10 Å². The third-order valence-corrected chi connectivity index (χ3v) is 6.41. The second-order valence-corrected chi connectivity index (χ2v) is 9.38. The van der Waals surface area contributed by atoms with Gasteiger partial charge in [0.15, 0.2) is 0 Å². The molecule has 1 fully saturated rings. The number of hydrogen-bond donors (Lipinski definition) is 1. The molecule has 0 saturated carbocycles. The van der Waals surface area contributed by atoms with Crippen molar-refractivity contribution in [2.45, 2.75) is 58.3 Å². The third-order valence-electron chi connectivity index (χ3n) is 6.41. The molecule has 0 aliphatic carbocycles. The highest BCUT2D eigenvalue weighted by Gasteiger charge is 2.25. The number of allylic oxidation sites excluding steroid dienone is 1. The number of aliphatic hydroxyl groups is 1. The van der Waals surface area contributed by atoms with Crippen molar-refractivity contribution in [2.75, 3.05) is 19.7 Å². The topological polar surface area (TPSA) is 59.8 Å². The van der Waals surface area contributed by atoms with E-state index in [9.17, 15) is 5.11 Å². The van der Waals surface area contributed by atoms with Gasteiger partial charge in [-0.05, 0) is 63.8 Å². The Balaban J connectivity index is 1.66. The summed E-state index contributed by atoms with van der Waals surface area (Å²) in [6, 6.07) is 18.1. The lowest BCUT2D eigenvalue weighted by molar-refractivity contribution is 0.0442. The van der Waals surface area contributed by atoms with Gasteiger partial charge < -0.3 is 14.6 Å². The van der Waals surface area contributed by atoms with Crippen LogP contribution in [0.1, 0.15) is 42.5 Å². The van der Waals surface area contributed by atoms with Gasteiger partial charge in [-0.3, -0.25) is 4.90 Å². The molecule has 1 aliphatic rings. The largest absolute Gasteiger partial charge is 0.439 e. The summed E-state index contributed by atoms with van der Waals surface area (Å²) >= 11 is 0. The van der Waals surface area contributed by atoms with Crippen molar-refractivity contribution in [1.82, 2.24) is 14.7 Å². The molecule has 1 aromatic heterocycles. The fourth-order valence-electron chi connectivity index (χ4n) is 4.49. The van der Waals surface area contributed by atoms with E-state index in [1.807, 2.05) is 72.3 Å². The van der Waals surface area contributed by atoms with Crippen LogP contribution in [0.4, 0.5) is 0 Å². The average Bonchev–Trinajstić information content (AvgIpc) is 3.48. The summed E-state index contributed by atoms with van der Waals surface area (Å²) in [4.78, 5) is 2.28. The smallest absolute Gasteiger partial charge is 0.227 e.